The Morgan fingerprint density at radius 1 is 1.33 bits per heavy atom. The molecule has 0 saturated carbocycles. The molecule has 0 aromatic heterocycles. The fourth-order valence-corrected chi connectivity index (χ4v) is 3.69. The van der Waals surface area contributed by atoms with Crippen molar-refractivity contribution in [3.63, 3.8) is 0 Å². The number of hydrogen-bond acceptors (Lipinski definition) is 3. The van der Waals surface area contributed by atoms with Crippen LogP contribution in [0, 0.1) is 5.41 Å². The van der Waals surface area contributed by atoms with Crippen LogP contribution in [-0.2, 0) is 4.79 Å². The molecule has 0 spiro atoms. The van der Waals surface area contributed by atoms with Crippen LogP contribution in [0.15, 0.2) is 21.1 Å². The van der Waals surface area contributed by atoms with Gasteiger partial charge in [0.15, 0.2) is 0 Å². The number of hydrogen-bond donors (Lipinski definition) is 2. The minimum absolute atomic E-state index is 0.204. The van der Waals surface area contributed by atoms with E-state index in [2.05, 4.69) is 37.2 Å². The fourth-order valence-electron chi connectivity index (χ4n) is 2.05. The Bertz CT molecular complexity index is 560. The molecule has 3 N–H and O–H groups in total. The molecule has 0 aliphatic heterocycles. The van der Waals surface area contributed by atoms with Gasteiger partial charge in [0, 0.05) is 10.5 Å². The van der Waals surface area contributed by atoms with Gasteiger partial charge >= 0.3 is 0 Å². The maximum absolute atomic E-state index is 12.6. The van der Waals surface area contributed by atoms with Crippen LogP contribution < -0.4 is 15.8 Å². The summed E-state index contributed by atoms with van der Waals surface area (Å²) in [6.07, 6.45) is 1.10. The summed E-state index contributed by atoms with van der Waals surface area (Å²) < 4.78 is 6.77. The molecular weight excluding hydrogens is 420 g/mol. The third-order valence-electron chi connectivity index (χ3n) is 3.60. The average molecular weight is 438 g/mol. The minimum Gasteiger partial charge on any atom is -0.495 e. The molecule has 0 aliphatic carbocycles. The number of thiocarbonyl (C=S) groups is 1. The first-order chi connectivity index (χ1) is 9.82. The van der Waals surface area contributed by atoms with Gasteiger partial charge in [-0.25, -0.2) is 0 Å². The highest BCUT2D eigenvalue weighted by molar-refractivity contribution is 9.11. The van der Waals surface area contributed by atoms with Crippen LogP contribution in [0.3, 0.4) is 0 Å². The molecule has 0 radical (unpaired) electrons. The maximum atomic E-state index is 12.6. The lowest BCUT2D eigenvalue weighted by molar-refractivity contribution is -0.122. The first kappa shape index (κ1) is 18.4. The topological polar surface area (TPSA) is 64.3 Å². The Labute approximate surface area is 147 Å². The quantitative estimate of drug-likeness (QED) is 0.652. The summed E-state index contributed by atoms with van der Waals surface area (Å²) in [5.41, 5.74) is 5.57. The summed E-state index contributed by atoms with van der Waals surface area (Å²) in [5, 5.41) is 2.88. The maximum Gasteiger partial charge on any atom is 0.237 e. The van der Waals surface area contributed by atoms with Crippen molar-refractivity contribution in [1.29, 1.82) is 0 Å². The zero-order valence-corrected chi connectivity index (χ0v) is 16.1. The van der Waals surface area contributed by atoms with Gasteiger partial charge in [0.1, 0.15) is 5.75 Å². The molecule has 7 heteroatoms. The SMILES string of the molecule is CCC(CC)(C(=O)Nc1cc(OC)c(Br)cc1Br)C(N)=S. The van der Waals surface area contributed by atoms with Crippen molar-refractivity contribution >= 4 is 60.7 Å². The van der Waals surface area contributed by atoms with E-state index < -0.39 is 5.41 Å². The molecule has 1 rings (SSSR count). The van der Waals surface area contributed by atoms with Gasteiger partial charge in [-0.3, -0.25) is 4.79 Å². The van der Waals surface area contributed by atoms with Gasteiger partial charge < -0.3 is 15.8 Å². The van der Waals surface area contributed by atoms with Crippen molar-refractivity contribution in [2.75, 3.05) is 12.4 Å². The summed E-state index contributed by atoms with van der Waals surface area (Å²) in [4.78, 5) is 12.8. The number of anilines is 1. The predicted octanol–water partition coefficient (Wildman–Crippen LogP) is 4.25. The Morgan fingerprint density at radius 2 is 1.90 bits per heavy atom. The fraction of sp³-hybridized carbons (Fsp3) is 0.429. The number of amides is 1. The zero-order chi connectivity index (χ0) is 16.2. The highest BCUT2D eigenvalue weighted by Gasteiger charge is 2.38. The van der Waals surface area contributed by atoms with Crippen LogP contribution in [0.5, 0.6) is 5.75 Å². The van der Waals surface area contributed by atoms with Gasteiger partial charge in [-0.15, -0.1) is 0 Å². The van der Waals surface area contributed by atoms with Gasteiger partial charge in [-0.1, -0.05) is 26.1 Å². The van der Waals surface area contributed by atoms with Gasteiger partial charge in [0.2, 0.25) is 5.91 Å². The van der Waals surface area contributed by atoms with Crippen molar-refractivity contribution in [2.45, 2.75) is 26.7 Å². The Hall–Kier alpha value is -0.660. The Balaban J connectivity index is 3.16. The summed E-state index contributed by atoms with van der Waals surface area (Å²) in [6, 6.07) is 3.55. The van der Waals surface area contributed by atoms with Crippen molar-refractivity contribution < 1.29 is 9.53 Å². The number of nitrogens with two attached hydrogens (primary N) is 1. The van der Waals surface area contributed by atoms with Gasteiger partial charge in [0.05, 0.1) is 27.7 Å². The molecule has 116 valence electrons. The van der Waals surface area contributed by atoms with Crippen LogP contribution in [0.4, 0.5) is 5.69 Å². The van der Waals surface area contributed by atoms with E-state index >= 15 is 0 Å². The Morgan fingerprint density at radius 3 is 2.33 bits per heavy atom. The van der Waals surface area contributed by atoms with Crippen molar-refractivity contribution in [3.8, 4) is 5.75 Å². The van der Waals surface area contributed by atoms with E-state index in [0.29, 0.717) is 24.3 Å². The number of nitrogens with one attached hydrogen (secondary N) is 1. The van der Waals surface area contributed by atoms with Crippen LogP contribution in [-0.4, -0.2) is 18.0 Å². The molecule has 0 unspecified atom stereocenters. The van der Waals surface area contributed by atoms with Gasteiger partial charge in [0.25, 0.3) is 0 Å². The second-order valence-corrected chi connectivity index (χ2v) is 6.72. The number of carbonyl (C=O) groups excluding carboxylic acids is 1. The largest absolute Gasteiger partial charge is 0.495 e. The smallest absolute Gasteiger partial charge is 0.237 e. The summed E-state index contributed by atoms with van der Waals surface area (Å²) in [7, 11) is 1.57. The van der Waals surface area contributed by atoms with E-state index in [4.69, 9.17) is 22.7 Å². The second-order valence-electron chi connectivity index (χ2n) is 4.57. The third-order valence-corrected chi connectivity index (χ3v) is 5.27. The summed E-state index contributed by atoms with van der Waals surface area (Å²) in [5.74, 6) is 0.424. The first-order valence-corrected chi connectivity index (χ1v) is 8.46. The van der Waals surface area contributed by atoms with Crippen LogP contribution in [0.25, 0.3) is 0 Å². The first-order valence-electron chi connectivity index (χ1n) is 6.46. The second kappa shape index (κ2) is 7.56. The molecule has 0 fully saturated rings. The van der Waals surface area contributed by atoms with E-state index in [1.54, 1.807) is 13.2 Å². The van der Waals surface area contributed by atoms with E-state index in [1.807, 2.05) is 19.9 Å². The van der Waals surface area contributed by atoms with Crippen molar-refractivity contribution in [2.24, 2.45) is 11.1 Å². The highest BCUT2D eigenvalue weighted by Crippen LogP contribution is 2.36. The zero-order valence-electron chi connectivity index (χ0n) is 12.1. The van der Waals surface area contributed by atoms with Crippen LogP contribution >= 0.6 is 44.1 Å². The number of methoxy groups -OCH3 is 1. The molecule has 1 aromatic carbocycles. The summed E-state index contributed by atoms with van der Waals surface area (Å²) in [6.45, 7) is 3.80. The molecule has 4 nitrogen and oxygen atoms in total. The molecule has 21 heavy (non-hydrogen) atoms. The third kappa shape index (κ3) is 3.76. The molecule has 1 amide bonds. The molecule has 0 aliphatic rings. The minimum atomic E-state index is -0.838. The molecule has 0 heterocycles. The molecule has 0 atom stereocenters. The number of carbonyl (C=O) groups is 1. The normalized spacial score (nSPS) is 11.1. The molecule has 1 aromatic rings. The van der Waals surface area contributed by atoms with Crippen molar-refractivity contribution in [1.82, 2.24) is 0 Å². The standard InChI is InChI=1S/C14H18Br2N2O2S/c1-4-14(5-2,12(17)21)13(19)18-10-7-11(20-3)9(16)6-8(10)15/h6-7H,4-5H2,1-3H3,(H2,17,21)(H,18,19). The Kier molecular flexibility index (Phi) is 6.62. The monoisotopic (exact) mass is 436 g/mol. The lowest BCUT2D eigenvalue weighted by Crippen LogP contribution is -2.45. The molecule has 0 bridgehead atoms. The van der Waals surface area contributed by atoms with Gasteiger partial charge in [-0.05, 0) is 50.8 Å². The van der Waals surface area contributed by atoms with E-state index in [-0.39, 0.29) is 10.9 Å². The van der Waals surface area contributed by atoms with Gasteiger partial charge in [-0.2, -0.15) is 0 Å². The lowest BCUT2D eigenvalue weighted by atomic mass is 9.81. The predicted molar refractivity (Wildman–Crippen MR) is 96.8 cm³/mol. The molecular formula is C14H18Br2N2O2S. The number of halogens is 2. The van der Waals surface area contributed by atoms with Crippen molar-refractivity contribution in [3.05, 3.63) is 21.1 Å². The molecule has 0 saturated heterocycles. The lowest BCUT2D eigenvalue weighted by Gasteiger charge is -2.29. The summed E-state index contributed by atoms with van der Waals surface area (Å²) >= 11 is 11.9. The van der Waals surface area contributed by atoms with E-state index in [1.165, 1.54) is 0 Å². The number of rotatable bonds is 6. The van der Waals surface area contributed by atoms with Crippen LogP contribution in [0.1, 0.15) is 26.7 Å². The highest BCUT2D eigenvalue weighted by atomic mass is 79.9. The van der Waals surface area contributed by atoms with E-state index in [0.717, 1.165) is 8.95 Å². The van der Waals surface area contributed by atoms with E-state index in [9.17, 15) is 4.79 Å². The van der Waals surface area contributed by atoms with Crippen LogP contribution in [0.2, 0.25) is 0 Å². The number of benzene rings is 1. The number of ether oxygens (including phenoxy) is 1. The average Bonchev–Trinajstić information content (AvgIpc) is 2.43.